The van der Waals surface area contributed by atoms with Crippen LogP contribution < -0.4 is 9.80 Å². The maximum absolute atomic E-state index is 2.51. The minimum absolute atomic E-state index is 1.10. The van der Waals surface area contributed by atoms with E-state index in [1.54, 1.807) is 0 Å². The van der Waals surface area contributed by atoms with E-state index in [4.69, 9.17) is 0 Å². The molecule has 0 atom stereocenters. The number of aromatic nitrogens is 1. The van der Waals surface area contributed by atoms with Crippen molar-refractivity contribution < 1.29 is 0 Å². The Kier molecular flexibility index (Phi) is 9.36. The molecule has 0 bridgehead atoms. The van der Waals surface area contributed by atoms with Gasteiger partial charge in [-0.15, -0.1) is 11.3 Å². The molecule has 64 heavy (non-hydrogen) atoms. The van der Waals surface area contributed by atoms with Gasteiger partial charge in [0.1, 0.15) is 0 Å². The molecule has 10 aromatic carbocycles. The highest BCUT2D eigenvalue weighted by Crippen LogP contribution is 2.45. The molecule has 302 valence electrons. The molecule has 0 aliphatic rings. The molecule has 4 heteroatoms. The minimum Gasteiger partial charge on any atom is -0.311 e. The molecule has 2 aromatic heterocycles. The number of nitrogens with zero attached hydrogens (tertiary/aromatic N) is 3. The van der Waals surface area contributed by atoms with Crippen molar-refractivity contribution >= 4 is 87.4 Å². The molecule has 0 aliphatic heterocycles. The summed E-state index contributed by atoms with van der Waals surface area (Å²) in [4.78, 5) is 4.63. The second kappa shape index (κ2) is 15.9. The van der Waals surface area contributed by atoms with Gasteiger partial charge in [-0.25, -0.2) is 0 Å². The van der Waals surface area contributed by atoms with Gasteiger partial charge in [0.05, 0.1) is 15.7 Å². The summed E-state index contributed by atoms with van der Waals surface area (Å²) in [6.07, 6.45) is 0. The first kappa shape index (κ1) is 37.6. The summed E-state index contributed by atoms with van der Waals surface area (Å²) < 4.78 is 5.12. The van der Waals surface area contributed by atoms with Crippen molar-refractivity contribution in [3.63, 3.8) is 0 Å². The summed E-state index contributed by atoms with van der Waals surface area (Å²) >= 11 is 1.89. The molecule has 2 heterocycles. The van der Waals surface area contributed by atoms with Gasteiger partial charge in [0.2, 0.25) is 0 Å². The van der Waals surface area contributed by atoms with Crippen LogP contribution in [0.1, 0.15) is 0 Å². The van der Waals surface area contributed by atoms with Crippen molar-refractivity contribution in [1.82, 2.24) is 4.57 Å². The Morgan fingerprint density at radius 3 is 1.20 bits per heavy atom. The smallest absolute Gasteiger partial charge is 0.0719 e. The molecular weight excluding hydrogens is 795 g/mol. The maximum atomic E-state index is 2.51. The Labute approximate surface area is 376 Å². The van der Waals surface area contributed by atoms with Crippen LogP contribution in [0.2, 0.25) is 0 Å². The summed E-state index contributed by atoms with van der Waals surface area (Å²) in [5.74, 6) is 0. The fourth-order valence-electron chi connectivity index (χ4n) is 9.38. The number of anilines is 6. The van der Waals surface area contributed by atoms with Crippen molar-refractivity contribution in [3.05, 3.63) is 249 Å². The third-order valence-electron chi connectivity index (χ3n) is 12.3. The Balaban J connectivity index is 1.05. The van der Waals surface area contributed by atoms with Gasteiger partial charge in [-0.05, 0) is 125 Å². The van der Waals surface area contributed by atoms with Crippen LogP contribution in [0, 0.1) is 0 Å². The Hall–Kier alpha value is -8.18. The van der Waals surface area contributed by atoms with Crippen LogP contribution in [0.25, 0.3) is 69.9 Å². The first-order valence-corrected chi connectivity index (χ1v) is 22.6. The van der Waals surface area contributed by atoms with Crippen LogP contribution in [-0.2, 0) is 0 Å². The highest BCUT2D eigenvalue weighted by atomic mass is 32.1. The van der Waals surface area contributed by atoms with E-state index in [2.05, 4.69) is 263 Å². The number of benzene rings is 10. The molecule has 0 spiro atoms. The molecule has 0 fully saturated rings. The van der Waals surface area contributed by atoms with E-state index >= 15 is 0 Å². The average Bonchev–Trinajstić information content (AvgIpc) is 3.92. The van der Waals surface area contributed by atoms with Crippen LogP contribution in [0.3, 0.4) is 0 Å². The number of rotatable bonds is 9. The fourth-order valence-corrected chi connectivity index (χ4v) is 10.6. The van der Waals surface area contributed by atoms with Gasteiger partial charge in [-0.1, -0.05) is 146 Å². The quantitative estimate of drug-likeness (QED) is 0.143. The highest BCUT2D eigenvalue weighted by molar-refractivity contribution is 7.26. The molecule has 0 unspecified atom stereocenters. The third-order valence-corrected chi connectivity index (χ3v) is 13.5. The van der Waals surface area contributed by atoms with Crippen LogP contribution in [0.5, 0.6) is 0 Å². The zero-order valence-corrected chi connectivity index (χ0v) is 35.7. The largest absolute Gasteiger partial charge is 0.311 e. The van der Waals surface area contributed by atoms with Gasteiger partial charge in [0.25, 0.3) is 0 Å². The van der Waals surface area contributed by atoms with Gasteiger partial charge in [0, 0.05) is 66.1 Å². The zero-order valence-electron chi connectivity index (χ0n) is 34.9. The Morgan fingerprint density at radius 2 is 0.703 bits per heavy atom. The van der Waals surface area contributed by atoms with Gasteiger partial charge in [-0.2, -0.15) is 0 Å². The van der Waals surface area contributed by atoms with Crippen molar-refractivity contribution in [2.75, 3.05) is 9.80 Å². The summed E-state index contributed by atoms with van der Waals surface area (Å²) in [5.41, 5.74) is 14.8. The van der Waals surface area contributed by atoms with E-state index in [9.17, 15) is 0 Å². The fraction of sp³-hybridized carbons (Fsp3) is 0. The lowest BCUT2D eigenvalue weighted by atomic mass is 9.97. The third kappa shape index (κ3) is 6.60. The molecule has 0 amide bonds. The van der Waals surface area contributed by atoms with Crippen LogP contribution in [0.4, 0.5) is 34.1 Å². The van der Waals surface area contributed by atoms with Crippen molar-refractivity contribution in [1.29, 1.82) is 0 Å². The molecule has 0 N–H and O–H groups in total. The number of thiophene rings is 1. The predicted molar refractivity (Wildman–Crippen MR) is 274 cm³/mol. The van der Waals surface area contributed by atoms with Crippen molar-refractivity contribution in [2.45, 2.75) is 0 Å². The van der Waals surface area contributed by atoms with Crippen molar-refractivity contribution in [3.8, 4) is 27.9 Å². The molecule has 0 aliphatic carbocycles. The van der Waals surface area contributed by atoms with Gasteiger partial charge >= 0.3 is 0 Å². The maximum Gasteiger partial charge on any atom is 0.0719 e. The SMILES string of the molecule is c1ccc(N(c2ccccc2)c2ccc(-c3cc(-c4ccc(N(c5ccccc5)c5ccccc5)cc4)cc(-n4c5ccccc5c5ccc6c7ccccc7sc6c54)c3)cc2)cc1. The molecular formula is C60H41N3S. The molecule has 12 aromatic rings. The zero-order chi connectivity index (χ0) is 42.4. The van der Waals surface area contributed by atoms with E-state index in [0.29, 0.717) is 0 Å². The molecule has 0 saturated heterocycles. The Bertz CT molecular complexity index is 3360. The molecule has 0 radical (unpaired) electrons. The van der Waals surface area contributed by atoms with Crippen molar-refractivity contribution in [2.24, 2.45) is 0 Å². The number of para-hydroxylation sites is 5. The first-order chi connectivity index (χ1) is 31.7. The number of hydrogen-bond acceptors (Lipinski definition) is 3. The molecule has 0 saturated carbocycles. The number of hydrogen-bond donors (Lipinski definition) is 0. The summed E-state index contributed by atoms with van der Waals surface area (Å²) in [5, 5.41) is 5.11. The normalized spacial score (nSPS) is 11.4. The van der Waals surface area contributed by atoms with Gasteiger partial charge in [0.15, 0.2) is 0 Å². The second-order valence-electron chi connectivity index (χ2n) is 16.2. The van der Waals surface area contributed by atoms with E-state index in [0.717, 1.165) is 62.1 Å². The van der Waals surface area contributed by atoms with Gasteiger partial charge < -0.3 is 14.4 Å². The van der Waals surface area contributed by atoms with Crippen LogP contribution in [-0.4, -0.2) is 4.57 Å². The standard InChI is InChI=1S/C60H41N3S/c1-5-17-46(18-6-1)61(47-19-7-2-8-20-47)50-33-29-42(30-34-50)44-39-45(43-31-35-51(36-32-43)62(48-21-9-3-10-22-48)49-23-11-4-12-24-49)41-52(40-44)63-57-27-15-13-25-53(57)55-37-38-56-54-26-14-16-28-58(54)64-60(56)59(55)63/h1-41H. The number of fused-ring (bicyclic) bond motifs is 7. The lowest BCUT2D eigenvalue weighted by molar-refractivity contribution is 1.19. The summed E-state index contributed by atoms with van der Waals surface area (Å²) in [7, 11) is 0. The van der Waals surface area contributed by atoms with E-state index in [-0.39, 0.29) is 0 Å². The van der Waals surface area contributed by atoms with Crippen LogP contribution in [0.15, 0.2) is 249 Å². The summed E-state index contributed by atoms with van der Waals surface area (Å²) in [6.45, 7) is 0. The molecule has 12 rings (SSSR count). The Morgan fingerprint density at radius 1 is 0.297 bits per heavy atom. The minimum atomic E-state index is 1.10. The predicted octanol–water partition coefficient (Wildman–Crippen LogP) is 17.4. The van der Waals surface area contributed by atoms with Crippen LogP contribution >= 0.6 is 11.3 Å². The van der Waals surface area contributed by atoms with E-state index < -0.39 is 0 Å². The average molecular weight is 836 g/mol. The van der Waals surface area contributed by atoms with Gasteiger partial charge in [-0.3, -0.25) is 0 Å². The monoisotopic (exact) mass is 835 g/mol. The topological polar surface area (TPSA) is 11.4 Å². The first-order valence-electron chi connectivity index (χ1n) is 21.8. The summed E-state index contributed by atoms with van der Waals surface area (Å²) in [6, 6.07) is 89.9. The second-order valence-corrected chi connectivity index (χ2v) is 17.2. The molecule has 3 nitrogen and oxygen atoms in total. The lowest BCUT2D eigenvalue weighted by Gasteiger charge is -2.25. The lowest BCUT2D eigenvalue weighted by Crippen LogP contribution is -2.09. The highest BCUT2D eigenvalue weighted by Gasteiger charge is 2.20. The van der Waals surface area contributed by atoms with E-state index in [1.165, 1.54) is 42.0 Å². The van der Waals surface area contributed by atoms with E-state index in [1.807, 2.05) is 11.3 Å².